The molecule has 4 rings (SSSR count). The average Bonchev–Trinajstić information content (AvgIpc) is 3.45. The summed E-state index contributed by atoms with van der Waals surface area (Å²) in [6.45, 7) is 2.18. The summed E-state index contributed by atoms with van der Waals surface area (Å²) in [5.41, 5.74) is 1.02. The molecule has 0 saturated carbocycles. The monoisotopic (exact) mass is 447 g/mol. The van der Waals surface area contributed by atoms with Crippen molar-refractivity contribution in [1.29, 1.82) is 0 Å². The summed E-state index contributed by atoms with van der Waals surface area (Å²) in [6, 6.07) is 14.1. The van der Waals surface area contributed by atoms with Gasteiger partial charge in [-0.2, -0.15) is 0 Å². The molecule has 1 aliphatic heterocycles. The third-order valence-electron chi connectivity index (χ3n) is 5.23. The first-order valence-electron chi connectivity index (χ1n) is 10.3. The van der Waals surface area contributed by atoms with E-state index < -0.39 is 29.5 Å². The summed E-state index contributed by atoms with van der Waals surface area (Å²) in [4.78, 5) is 39.6. The van der Waals surface area contributed by atoms with E-state index in [-0.39, 0.29) is 17.1 Å². The van der Waals surface area contributed by atoms with Gasteiger partial charge in [0.2, 0.25) is 5.78 Å². The molecule has 168 valence electrons. The Morgan fingerprint density at radius 1 is 1.03 bits per heavy atom. The van der Waals surface area contributed by atoms with E-state index in [0.717, 1.165) is 0 Å². The predicted octanol–water partition coefficient (Wildman–Crippen LogP) is 4.33. The maximum atomic E-state index is 13.1. The van der Waals surface area contributed by atoms with Crippen LogP contribution in [-0.2, 0) is 9.53 Å². The Morgan fingerprint density at radius 3 is 2.33 bits per heavy atom. The van der Waals surface area contributed by atoms with Gasteiger partial charge in [0.15, 0.2) is 11.5 Å². The Kier molecular flexibility index (Phi) is 5.99. The smallest absolute Gasteiger partial charge is 0.338 e. The summed E-state index contributed by atoms with van der Waals surface area (Å²) < 4.78 is 10.3. The lowest BCUT2D eigenvalue weighted by molar-refractivity contribution is -0.117. The van der Waals surface area contributed by atoms with Gasteiger partial charge in [0.25, 0.3) is 5.91 Å². The molecule has 1 unspecified atom stereocenters. The van der Waals surface area contributed by atoms with Gasteiger partial charge >= 0.3 is 5.97 Å². The lowest BCUT2D eigenvalue weighted by Crippen LogP contribution is -2.31. The number of hydrogen-bond donors (Lipinski definition) is 2. The third kappa shape index (κ3) is 4.10. The molecule has 0 fully saturated rings. The fourth-order valence-corrected chi connectivity index (χ4v) is 3.65. The first-order chi connectivity index (χ1) is 15.9. The van der Waals surface area contributed by atoms with Crippen LogP contribution in [-0.4, -0.2) is 34.5 Å². The molecule has 2 heterocycles. The minimum absolute atomic E-state index is 0.0108. The molecule has 0 spiro atoms. The second-order valence-corrected chi connectivity index (χ2v) is 7.42. The number of phenols is 1. The van der Waals surface area contributed by atoms with Crippen LogP contribution in [0.4, 0.5) is 5.69 Å². The summed E-state index contributed by atoms with van der Waals surface area (Å²) in [7, 11) is 0. The fraction of sp³-hybridized carbons (Fsp3) is 0.160. The number of rotatable bonds is 7. The Hall–Kier alpha value is -4.33. The Morgan fingerprint density at radius 2 is 1.73 bits per heavy atom. The van der Waals surface area contributed by atoms with Crippen molar-refractivity contribution >= 4 is 23.3 Å². The van der Waals surface area contributed by atoms with Gasteiger partial charge in [-0.05, 0) is 60.5 Å². The quantitative estimate of drug-likeness (QED) is 0.409. The first-order valence-corrected chi connectivity index (χ1v) is 10.3. The molecular formula is C25H21NO7. The highest BCUT2D eigenvalue weighted by Crippen LogP contribution is 2.42. The van der Waals surface area contributed by atoms with Gasteiger partial charge in [0.05, 0.1) is 30.0 Å². The number of anilines is 1. The zero-order valence-electron chi connectivity index (χ0n) is 17.7. The number of carbonyl (C=O) groups is 3. The number of ketones is 1. The highest BCUT2D eigenvalue weighted by molar-refractivity contribution is 6.20. The topological polar surface area (TPSA) is 117 Å². The first kappa shape index (κ1) is 21.9. The van der Waals surface area contributed by atoms with Crippen molar-refractivity contribution in [2.75, 3.05) is 11.5 Å². The molecule has 8 nitrogen and oxygen atoms in total. The van der Waals surface area contributed by atoms with Crippen LogP contribution >= 0.6 is 0 Å². The van der Waals surface area contributed by atoms with Crippen molar-refractivity contribution in [3.8, 4) is 5.75 Å². The number of ether oxygens (including phenoxy) is 1. The van der Waals surface area contributed by atoms with Gasteiger partial charge in [-0.3, -0.25) is 14.5 Å². The summed E-state index contributed by atoms with van der Waals surface area (Å²) in [6.07, 6.45) is 2.02. The fourth-order valence-electron chi connectivity index (χ4n) is 3.65. The predicted molar refractivity (Wildman–Crippen MR) is 118 cm³/mol. The zero-order valence-corrected chi connectivity index (χ0v) is 17.7. The minimum Gasteiger partial charge on any atom is -0.508 e. The van der Waals surface area contributed by atoms with E-state index >= 15 is 0 Å². The molecule has 1 atom stereocenters. The number of Topliss-reactive ketones (excluding diaryl/α,β-unsaturated/α-hetero) is 1. The van der Waals surface area contributed by atoms with E-state index in [2.05, 4.69) is 0 Å². The molecule has 0 radical (unpaired) electrons. The zero-order chi connectivity index (χ0) is 23.5. The van der Waals surface area contributed by atoms with Crippen LogP contribution in [0.2, 0.25) is 0 Å². The van der Waals surface area contributed by atoms with Gasteiger partial charge < -0.3 is 19.4 Å². The van der Waals surface area contributed by atoms with E-state index in [1.165, 1.54) is 47.6 Å². The molecule has 1 amide bonds. The van der Waals surface area contributed by atoms with E-state index in [1.54, 1.807) is 24.3 Å². The molecule has 1 aliphatic rings. The van der Waals surface area contributed by atoms with E-state index in [4.69, 9.17) is 9.15 Å². The number of furan rings is 1. The summed E-state index contributed by atoms with van der Waals surface area (Å²) in [5.74, 6) is -2.60. The van der Waals surface area contributed by atoms with Crippen molar-refractivity contribution in [2.24, 2.45) is 0 Å². The summed E-state index contributed by atoms with van der Waals surface area (Å²) >= 11 is 0. The van der Waals surface area contributed by atoms with Gasteiger partial charge in [-0.1, -0.05) is 19.1 Å². The van der Waals surface area contributed by atoms with Gasteiger partial charge in [0, 0.05) is 5.69 Å². The van der Waals surface area contributed by atoms with E-state index in [9.17, 15) is 24.6 Å². The molecule has 8 heteroatoms. The third-order valence-corrected chi connectivity index (χ3v) is 5.23. The maximum absolute atomic E-state index is 13.1. The number of aromatic hydroxyl groups is 1. The largest absolute Gasteiger partial charge is 0.508 e. The number of phenolic OH excluding ortho intramolecular Hbond substituents is 1. The number of nitrogens with zero attached hydrogens (tertiary/aromatic N) is 1. The van der Waals surface area contributed by atoms with Crippen molar-refractivity contribution in [2.45, 2.75) is 19.4 Å². The molecule has 33 heavy (non-hydrogen) atoms. The van der Waals surface area contributed by atoms with Gasteiger partial charge in [-0.25, -0.2) is 4.79 Å². The maximum Gasteiger partial charge on any atom is 0.338 e. The summed E-state index contributed by atoms with van der Waals surface area (Å²) in [5, 5.41) is 20.4. The number of aliphatic hydroxyl groups excluding tert-OH is 1. The lowest BCUT2D eigenvalue weighted by atomic mass is 9.94. The van der Waals surface area contributed by atoms with Crippen LogP contribution in [0.25, 0.3) is 0 Å². The normalized spacial score (nSPS) is 15.7. The van der Waals surface area contributed by atoms with Crippen LogP contribution in [0.3, 0.4) is 0 Å². The van der Waals surface area contributed by atoms with Crippen LogP contribution in [0.1, 0.15) is 45.9 Å². The standard InChI is InChI=1S/C25H21NO7/c1-2-13-33-25(31)16-5-9-17(10-6-16)26-21(15-7-11-18(27)12-8-15)20(23(29)24(26)30)22(28)19-4-3-14-32-19/h3-12,14,21,27,29H,2,13H2,1H3. The van der Waals surface area contributed by atoms with Crippen molar-refractivity contribution in [3.63, 3.8) is 0 Å². The Bertz CT molecular complexity index is 1210. The molecule has 2 aromatic carbocycles. The highest BCUT2D eigenvalue weighted by atomic mass is 16.5. The van der Waals surface area contributed by atoms with Crippen molar-refractivity contribution in [1.82, 2.24) is 0 Å². The number of amides is 1. The van der Waals surface area contributed by atoms with Crippen molar-refractivity contribution in [3.05, 3.63) is 95.1 Å². The minimum atomic E-state index is -0.978. The lowest BCUT2D eigenvalue weighted by Gasteiger charge is -2.27. The Balaban J connectivity index is 1.75. The SMILES string of the molecule is CCCOC(=O)c1ccc(N2C(=O)C(O)=C(C(=O)c3ccco3)C2c2ccc(O)cc2)cc1. The molecule has 2 N–H and O–H groups in total. The van der Waals surface area contributed by atoms with Gasteiger partial charge in [-0.15, -0.1) is 0 Å². The molecule has 0 saturated heterocycles. The second kappa shape index (κ2) is 9.04. The van der Waals surface area contributed by atoms with E-state index in [1.807, 2.05) is 6.92 Å². The van der Waals surface area contributed by atoms with Gasteiger partial charge in [0.1, 0.15) is 5.75 Å². The molecule has 0 aliphatic carbocycles. The molecule has 0 bridgehead atoms. The molecular weight excluding hydrogens is 426 g/mol. The number of hydrogen-bond acceptors (Lipinski definition) is 7. The van der Waals surface area contributed by atoms with E-state index in [0.29, 0.717) is 29.8 Å². The van der Waals surface area contributed by atoms with Crippen LogP contribution in [0.15, 0.2) is 82.7 Å². The number of benzene rings is 2. The number of esters is 1. The average molecular weight is 447 g/mol. The highest BCUT2D eigenvalue weighted by Gasteiger charge is 2.45. The van der Waals surface area contributed by atoms with Crippen LogP contribution in [0, 0.1) is 0 Å². The molecule has 1 aromatic heterocycles. The number of carbonyl (C=O) groups excluding carboxylic acids is 3. The van der Waals surface area contributed by atoms with Crippen LogP contribution < -0.4 is 4.90 Å². The second-order valence-electron chi connectivity index (χ2n) is 7.42. The van der Waals surface area contributed by atoms with Crippen LogP contribution in [0.5, 0.6) is 5.75 Å². The number of aliphatic hydroxyl groups is 1. The molecule has 3 aromatic rings. The Labute approximate surface area is 189 Å². The van der Waals surface area contributed by atoms with Crippen molar-refractivity contribution < 1.29 is 33.8 Å².